The van der Waals surface area contributed by atoms with Crippen molar-refractivity contribution in [1.82, 2.24) is 4.90 Å². The minimum Gasteiger partial charge on any atom is -0.490 e. The molecule has 0 aromatic heterocycles. The molecular weight excluding hydrogens is 280 g/mol. The molecular formula is C14H19ClN2O3. The lowest BCUT2D eigenvalue weighted by molar-refractivity contribution is -0.384. The minimum absolute atomic E-state index is 0.00321. The van der Waals surface area contributed by atoms with E-state index in [9.17, 15) is 10.1 Å². The van der Waals surface area contributed by atoms with Gasteiger partial charge in [0.05, 0.1) is 16.0 Å². The van der Waals surface area contributed by atoms with Gasteiger partial charge in [0, 0.05) is 18.2 Å². The molecule has 1 aliphatic rings. The molecule has 1 aromatic carbocycles. The molecule has 1 fully saturated rings. The Balaban J connectivity index is 2.03. The summed E-state index contributed by atoms with van der Waals surface area (Å²) in [6, 6.07) is 5.10. The molecule has 5 nitrogen and oxygen atoms in total. The van der Waals surface area contributed by atoms with Gasteiger partial charge in [0.1, 0.15) is 12.4 Å². The van der Waals surface area contributed by atoms with Crippen molar-refractivity contribution in [2.45, 2.75) is 38.8 Å². The average molecular weight is 299 g/mol. The Morgan fingerprint density at radius 2 is 2.30 bits per heavy atom. The lowest BCUT2D eigenvalue weighted by Gasteiger charge is -2.28. The molecule has 20 heavy (non-hydrogen) atoms. The van der Waals surface area contributed by atoms with Crippen molar-refractivity contribution < 1.29 is 9.66 Å². The Bertz CT molecular complexity index is 493. The predicted molar refractivity (Wildman–Crippen MR) is 78.5 cm³/mol. The molecule has 0 radical (unpaired) electrons. The summed E-state index contributed by atoms with van der Waals surface area (Å²) in [6.07, 6.45) is 2.25. The van der Waals surface area contributed by atoms with E-state index < -0.39 is 4.92 Å². The van der Waals surface area contributed by atoms with Crippen LogP contribution >= 0.6 is 11.6 Å². The summed E-state index contributed by atoms with van der Waals surface area (Å²) in [7, 11) is 0. The van der Waals surface area contributed by atoms with Crippen LogP contribution in [0.25, 0.3) is 0 Å². The fraction of sp³-hybridized carbons (Fsp3) is 0.571. The zero-order valence-electron chi connectivity index (χ0n) is 11.7. The number of benzene rings is 1. The molecule has 0 amide bonds. The number of nitro benzene ring substituents is 1. The van der Waals surface area contributed by atoms with Gasteiger partial charge in [-0.1, -0.05) is 11.6 Å². The van der Waals surface area contributed by atoms with E-state index in [1.807, 2.05) is 0 Å². The Hall–Kier alpha value is -1.33. The van der Waals surface area contributed by atoms with Gasteiger partial charge in [0.2, 0.25) is 0 Å². The zero-order chi connectivity index (χ0) is 14.7. The van der Waals surface area contributed by atoms with E-state index in [1.165, 1.54) is 18.2 Å². The van der Waals surface area contributed by atoms with Crippen molar-refractivity contribution >= 4 is 17.3 Å². The van der Waals surface area contributed by atoms with Crippen LogP contribution in [0.1, 0.15) is 26.7 Å². The number of ether oxygens (including phenoxy) is 1. The second-order valence-electron chi connectivity index (χ2n) is 5.31. The van der Waals surface area contributed by atoms with Gasteiger partial charge in [0.25, 0.3) is 5.69 Å². The van der Waals surface area contributed by atoms with Crippen LogP contribution in [0.4, 0.5) is 5.69 Å². The Labute approximate surface area is 123 Å². The second kappa shape index (κ2) is 6.41. The maximum absolute atomic E-state index is 10.8. The fourth-order valence-corrected chi connectivity index (χ4v) is 2.79. The van der Waals surface area contributed by atoms with Crippen molar-refractivity contribution in [3.63, 3.8) is 0 Å². The molecule has 1 aliphatic heterocycles. The van der Waals surface area contributed by atoms with Gasteiger partial charge in [-0.2, -0.15) is 0 Å². The number of non-ortho nitro benzene ring substituents is 1. The molecule has 0 saturated carbocycles. The molecule has 1 saturated heterocycles. The van der Waals surface area contributed by atoms with E-state index in [4.69, 9.17) is 16.3 Å². The first-order valence-electron chi connectivity index (χ1n) is 6.81. The van der Waals surface area contributed by atoms with Crippen molar-refractivity contribution in [2.24, 2.45) is 0 Å². The Morgan fingerprint density at radius 3 is 2.95 bits per heavy atom. The Morgan fingerprint density at radius 1 is 1.55 bits per heavy atom. The van der Waals surface area contributed by atoms with Gasteiger partial charge in [-0.05, 0) is 39.3 Å². The van der Waals surface area contributed by atoms with Crippen LogP contribution in [-0.2, 0) is 0 Å². The molecule has 110 valence electrons. The monoisotopic (exact) mass is 298 g/mol. The SMILES string of the molecule is CC(C)N1CCC[C@H]1COc1cc([N+](=O)[O-])ccc1Cl. The number of halogens is 1. The summed E-state index contributed by atoms with van der Waals surface area (Å²) >= 11 is 6.02. The number of hydrogen-bond acceptors (Lipinski definition) is 4. The number of rotatable bonds is 5. The molecule has 1 atom stereocenters. The second-order valence-corrected chi connectivity index (χ2v) is 5.72. The average Bonchev–Trinajstić information content (AvgIpc) is 2.86. The molecule has 1 heterocycles. The summed E-state index contributed by atoms with van der Waals surface area (Å²) in [5, 5.41) is 11.2. The fourth-order valence-electron chi connectivity index (χ4n) is 2.62. The van der Waals surface area contributed by atoms with Crippen molar-refractivity contribution in [3.05, 3.63) is 33.3 Å². The molecule has 0 spiro atoms. The van der Waals surface area contributed by atoms with E-state index >= 15 is 0 Å². The van der Waals surface area contributed by atoms with Crippen LogP contribution in [-0.4, -0.2) is 35.1 Å². The van der Waals surface area contributed by atoms with E-state index in [1.54, 1.807) is 0 Å². The quantitative estimate of drug-likeness (QED) is 0.616. The maximum atomic E-state index is 10.8. The lowest BCUT2D eigenvalue weighted by atomic mass is 10.2. The number of hydrogen-bond donors (Lipinski definition) is 0. The highest BCUT2D eigenvalue weighted by atomic mass is 35.5. The van der Waals surface area contributed by atoms with Crippen LogP contribution in [0, 0.1) is 10.1 Å². The largest absolute Gasteiger partial charge is 0.490 e. The standard InChI is InChI=1S/C14H19ClN2O3/c1-10(2)16-7-3-4-12(16)9-20-14-8-11(17(18)19)5-6-13(14)15/h5-6,8,10,12H,3-4,7,9H2,1-2H3/t12-/m0/s1. The van der Waals surface area contributed by atoms with Gasteiger partial charge in [0.15, 0.2) is 0 Å². The van der Waals surface area contributed by atoms with Gasteiger partial charge in [-0.15, -0.1) is 0 Å². The smallest absolute Gasteiger partial charge is 0.273 e. The van der Waals surface area contributed by atoms with Gasteiger partial charge >= 0.3 is 0 Å². The van der Waals surface area contributed by atoms with Crippen molar-refractivity contribution in [3.8, 4) is 5.75 Å². The van der Waals surface area contributed by atoms with Gasteiger partial charge in [-0.3, -0.25) is 15.0 Å². The summed E-state index contributed by atoms with van der Waals surface area (Å²) < 4.78 is 5.71. The highest BCUT2D eigenvalue weighted by molar-refractivity contribution is 6.32. The molecule has 1 aromatic rings. The maximum Gasteiger partial charge on any atom is 0.273 e. The number of nitrogens with zero attached hydrogens (tertiary/aromatic N) is 2. The van der Waals surface area contributed by atoms with Crippen LogP contribution in [0.2, 0.25) is 5.02 Å². The first-order chi connectivity index (χ1) is 9.49. The molecule has 0 unspecified atom stereocenters. The third-order valence-corrected chi connectivity index (χ3v) is 3.96. The third-order valence-electron chi connectivity index (χ3n) is 3.64. The molecule has 0 N–H and O–H groups in total. The van der Waals surface area contributed by atoms with Crippen molar-refractivity contribution in [1.29, 1.82) is 0 Å². The third kappa shape index (κ3) is 3.41. The predicted octanol–water partition coefficient (Wildman–Crippen LogP) is 3.50. The van der Waals surface area contributed by atoms with E-state index in [0.717, 1.165) is 19.4 Å². The summed E-state index contributed by atoms with van der Waals surface area (Å²) in [6.45, 7) is 5.92. The highest BCUT2D eigenvalue weighted by Crippen LogP contribution is 2.30. The number of nitro groups is 1. The molecule has 0 bridgehead atoms. The first kappa shape index (κ1) is 15.1. The lowest BCUT2D eigenvalue weighted by Crippen LogP contribution is -2.39. The van der Waals surface area contributed by atoms with Crippen molar-refractivity contribution in [2.75, 3.05) is 13.2 Å². The summed E-state index contributed by atoms with van der Waals surface area (Å²) in [5.41, 5.74) is -0.00321. The highest BCUT2D eigenvalue weighted by Gasteiger charge is 2.27. The number of likely N-dealkylation sites (tertiary alicyclic amines) is 1. The molecule has 2 rings (SSSR count). The normalized spacial score (nSPS) is 19.5. The van der Waals surface area contributed by atoms with Crippen LogP contribution in [0.15, 0.2) is 18.2 Å². The summed E-state index contributed by atoms with van der Waals surface area (Å²) in [5.74, 6) is 0.386. The van der Waals surface area contributed by atoms with Gasteiger partial charge in [-0.25, -0.2) is 0 Å². The first-order valence-corrected chi connectivity index (χ1v) is 7.19. The molecule has 6 heteroatoms. The van der Waals surface area contributed by atoms with Crippen LogP contribution in [0.3, 0.4) is 0 Å². The zero-order valence-corrected chi connectivity index (χ0v) is 12.5. The van der Waals surface area contributed by atoms with Crippen LogP contribution in [0.5, 0.6) is 5.75 Å². The summed E-state index contributed by atoms with van der Waals surface area (Å²) in [4.78, 5) is 12.7. The van der Waals surface area contributed by atoms with E-state index in [-0.39, 0.29) is 5.69 Å². The molecule has 0 aliphatic carbocycles. The van der Waals surface area contributed by atoms with Crippen LogP contribution < -0.4 is 4.74 Å². The Kier molecular flexibility index (Phi) is 4.83. The van der Waals surface area contributed by atoms with Gasteiger partial charge < -0.3 is 4.74 Å². The van der Waals surface area contributed by atoms with E-state index in [0.29, 0.717) is 29.5 Å². The topological polar surface area (TPSA) is 55.6 Å². The van der Waals surface area contributed by atoms with E-state index in [2.05, 4.69) is 18.7 Å². The minimum atomic E-state index is -0.445.